The molecule has 4 aromatic carbocycles. The molecular weight excluding hydrogens is 679 g/mol. The highest BCUT2D eigenvalue weighted by Gasteiger charge is 2.35. The lowest BCUT2D eigenvalue weighted by atomic mass is 9.98. The van der Waals surface area contributed by atoms with Crippen LogP contribution < -0.4 is 30.0 Å². The Kier molecular flexibility index (Phi) is 9.99. The van der Waals surface area contributed by atoms with E-state index in [1.807, 2.05) is 6.07 Å². The van der Waals surface area contributed by atoms with Gasteiger partial charge in [-0.3, -0.25) is 14.4 Å². The zero-order chi connectivity index (χ0) is 36.4. The molecule has 0 spiro atoms. The van der Waals surface area contributed by atoms with E-state index in [1.54, 1.807) is 62.4 Å². The number of nitrogens with two attached hydrogens (primary N) is 1. The molecule has 1 fully saturated rings. The van der Waals surface area contributed by atoms with Gasteiger partial charge in [0.15, 0.2) is 6.61 Å². The molecule has 6 bridgehead atoms. The number of aryl methyl sites for hydroxylation is 1. The molecule has 0 aromatic heterocycles. The van der Waals surface area contributed by atoms with Crippen LogP contribution in [-0.2, 0) is 21.4 Å². The summed E-state index contributed by atoms with van der Waals surface area (Å²) in [6.45, 7) is 3.21. The van der Waals surface area contributed by atoms with Gasteiger partial charge in [0.2, 0.25) is 10.0 Å². The predicted molar refractivity (Wildman–Crippen MR) is 186 cm³/mol. The number of nitrogens with zero attached hydrogens (tertiary/aromatic N) is 1. The van der Waals surface area contributed by atoms with Gasteiger partial charge < -0.3 is 29.7 Å². The maximum atomic E-state index is 14.8. The third-order valence-electron chi connectivity index (χ3n) is 9.01. The fourth-order valence-corrected chi connectivity index (χ4v) is 7.15. The van der Waals surface area contributed by atoms with Gasteiger partial charge in [0.25, 0.3) is 17.7 Å². The number of sulfonamides is 1. The van der Waals surface area contributed by atoms with Crippen molar-refractivity contribution >= 4 is 27.7 Å². The molecule has 14 heteroatoms. The topological polar surface area (TPSA) is 166 Å². The van der Waals surface area contributed by atoms with Crippen molar-refractivity contribution in [3.63, 3.8) is 0 Å². The predicted octanol–water partition coefficient (Wildman–Crippen LogP) is 3.87. The zero-order valence-electron chi connectivity index (χ0n) is 28.2. The van der Waals surface area contributed by atoms with Gasteiger partial charge in [-0.05, 0) is 90.7 Å². The molecule has 1 saturated heterocycles. The summed E-state index contributed by atoms with van der Waals surface area (Å²) in [4.78, 5) is 41.8. The van der Waals surface area contributed by atoms with Crippen LogP contribution in [0.2, 0.25) is 0 Å². The number of benzene rings is 4. The normalized spacial score (nSPS) is 18.0. The quantitative estimate of drug-likeness (QED) is 0.288. The molecule has 2 aliphatic heterocycles. The minimum Gasteiger partial charge on any atom is -0.496 e. The Balaban J connectivity index is 1.37. The fraction of sp³-hybridized carbons (Fsp3) is 0.270. The molecule has 266 valence electrons. The Labute approximate surface area is 294 Å². The number of carbonyl (C=O) groups excluding carboxylic acids is 3. The summed E-state index contributed by atoms with van der Waals surface area (Å²) >= 11 is 0. The summed E-state index contributed by atoms with van der Waals surface area (Å²) in [5.74, 6) is -0.845. The van der Waals surface area contributed by atoms with Crippen LogP contribution in [0.15, 0.2) is 77.7 Å². The third-order valence-corrected chi connectivity index (χ3v) is 10.0. The molecule has 2 heterocycles. The lowest BCUT2D eigenvalue weighted by Crippen LogP contribution is -2.58. The third kappa shape index (κ3) is 7.97. The zero-order valence-corrected chi connectivity index (χ0v) is 29.0. The van der Waals surface area contributed by atoms with Crippen LogP contribution in [0.5, 0.6) is 17.2 Å². The highest BCUT2D eigenvalue weighted by molar-refractivity contribution is 7.89. The van der Waals surface area contributed by atoms with Crippen LogP contribution in [0.1, 0.15) is 43.8 Å². The molecule has 0 saturated carbocycles. The number of amides is 3. The summed E-state index contributed by atoms with van der Waals surface area (Å²) in [6.07, 6.45) is -0.462. The number of ether oxygens (including phenoxy) is 3. The van der Waals surface area contributed by atoms with Crippen LogP contribution in [0.4, 0.5) is 4.39 Å². The van der Waals surface area contributed by atoms with Crippen LogP contribution >= 0.6 is 0 Å². The van der Waals surface area contributed by atoms with Crippen LogP contribution in [0.25, 0.3) is 11.1 Å². The van der Waals surface area contributed by atoms with Crippen molar-refractivity contribution in [3.8, 4) is 28.4 Å². The molecule has 12 nitrogen and oxygen atoms in total. The first-order chi connectivity index (χ1) is 24.3. The van der Waals surface area contributed by atoms with Gasteiger partial charge in [-0.1, -0.05) is 12.1 Å². The Morgan fingerprint density at radius 1 is 1.00 bits per heavy atom. The number of nitrogens with one attached hydrogen (secondary N) is 2. The minimum atomic E-state index is -4.10. The van der Waals surface area contributed by atoms with Crippen molar-refractivity contribution < 1.29 is 41.4 Å². The monoisotopic (exact) mass is 716 g/mol. The molecule has 2 atom stereocenters. The van der Waals surface area contributed by atoms with Crippen molar-refractivity contribution in [2.24, 2.45) is 5.14 Å². The maximum absolute atomic E-state index is 14.8. The molecule has 0 aliphatic carbocycles. The average molecular weight is 717 g/mol. The van der Waals surface area contributed by atoms with Crippen molar-refractivity contribution in [1.29, 1.82) is 0 Å². The molecule has 3 amide bonds. The van der Waals surface area contributed by atoms with E-state index in [-0.39, 0.29) is 54.4 Å². The number of carbonyl (C=O) groups is 3. The lowest BCUT2D eigenvalue weighted by Gasteiger charge is -2.39. The van der Waals surface area contributed by atoms with E-state index in [1.165, 1.54) is 30.2 Å². The number of primary sulfonamides is 1. The smallest absolute Gasteiger partial charge is 0.258 e. The van der Waals surface area contributed by atoms with E-state index < -0.39 is 45.7 Å². The number of methoxy groups -OCH3 is 1. The van der Waals surface area contributed by atoms with Crippen LogP contribution in [0.3, 0.4) is 0 Å². The van der Waals surface area contributed by atoms with E-state index in [2.05, 4.69) is 10.6 Å². The molecule has 4 aromatic rings. The van der Waals surface area contributed by atoms with Gasteiger partial charge in [0, 0.05) is 48.8 Å². The number of halogens is 1. The molecule has 0 unspecified atom stereocenters. The minimum absolute atomic E-state index is 0.00295. The molecule has 6 rings (SSSR count). The van der Waals surface area contributed by atoms with E-state index in [4.69, 9.17) is 19.3 Å². The van der Waals surface area contributed by atoms with Crippen molar-refractivity contribution in [2.75, 3.05) is 26.8 Å². The molecular formula is C37H37FN4O8S. The largest absolute Gasteiger partial charge is 0.496 e. The molecule has 0 radical (unpaired) electrons. The highest BCUT2D eigenvalue weighted by Crippen LogP contribution is 2.33. The summed E-state index contributed by atoms with van der Waals surface area (Å²) in [7, 11) is -2.59. The molecule has 4 N–H and O–H groups in total. The summed E-state index contributed by atoms with van der Waals surface area (Å²) in [6, 6.07) is 18.1. The van der Waals surface area contributed by atoms with Gasteiger partial charge in [-0.15, -0.1) is 0 Å². The van der Waals surface area contributed by atoms with Gasteiger partial charge in [0.05, 0.1) is 18.0 Å². The van der Waals surface area contributed by atoms with Crippen LogP contribution in [-0.4, -0.2) is 70.0 Å². The van der Waals surface area contributed by atoms with Crippen molar-refractivity contribution in [2.45, 2.75) is 43.9 Å². The van der Waals surface area contributed by atoms with Crippen molar-refractivity contribution in [3.05, 3.63) is 106 Å². The first-order valence-electron chi connectivity index (χ1n) is 16.2. The second-order valence-corrected chi connectivity index (χ2v) is 14.1. The van der Waals surface area contributed by atoms with E-state index in [9.17, 15) is 27.2 Å². The summed E-state index contributed by atoms with van der Waals surface area (Å²) in [5.41, 5.74) is 3.15. The van der Waals surface area contributed by atoms with Gasteiger partial charge in [-0.2, -0.15) is 0 Å². The first-order valence-corrected chi connectivity index (χ1v) is 17.7. The molecule has 51 heavy (non-hydrogen) atoms. The van der Waals surface area contributed by atoms with Gasteiger partial charge >= 0.3 is 0 Å². The SMILES string of the molecule is COc1ccc2cc1-c1cccc(c1)OCC(=O)NCc1cc(F)cc(c1)O[C@@H]1CCN(C(=O)c3cc(C)c(C)c(S(N)(=O)=O)c3)C[C@H]1NC2=O. The number of hydrogen-bond donors (Lipinski definition) is 3. The number of fused-ring (bicyclic) bond motifs is 8. The number of piperidine rings is 1. The van der Waals surface area contributed by atoms with Crippen LogP contribution in [0, 0.1) is 19.7 Å². The molecule has 2 aliphatic rings. The lowest BCUT2D eigenvalue weighted by molar-refractivity contribution is -0.123. The Bertz CT molecular complexity index is 2140. The standard InChI is InChI=1S/C37H37FN4O8S/c1-21-11-26(16-34(22(21)2)51(39,46)47)37(45)42-10-9-33-31(19-42)41-36(44)25-7-8-32(48-3)30(15-25)24-5-4-6-28(14-24)49-20-35(43)40-18-23-12-27(38)17-29(13-23)50-33/h4-8,11-17,31,33H,9-10,18-20H2,1-3H3,(H,40,43)(H,41,44)(H2,39,46,47)/t31-,33-/m1/s1. The fourth-order valence-electron chi connectivity index (χ4n) is 6.27. The average Bonchev–Trinajstić information content (AvgIpc) is 3.10. The maximum Gasteiger partial charge on any atom is 0.258 e. The Morgan fingerprint density at radius 3 is 2.57 bits per heavy atom. The second kappa shape index (κ2) is 14.4. The highest BCUT2D eigenvalue weighted by atomic mass is 32.2. The van der Waals surface area contributed by atoms with Gasteiger partial charge in [-0.25, -0.2) is 17.9 Å². The van der Waals surface area contributed by atoms with E-state index >= 15 is 0 Å². The van der Waals surface area contributed by atoms with E-state index in [0.29, 0.717) is 39.3 Å². The summed E-state index contributed by atoms with van der Waals surface area (Å²) < 4.78 is 57.0. The number of likely N-dealkylation sites (tertiary alicyclic amines) is 1. The van der Waals surface area contributed by atoms with Crippen molar-refractivity contribution in [1.82, 2.24) is 15.5 Å². The Morgan fingerprint density at radius 2 is 1.80 bits per heavy atom. The number of rotatable bonds is 3. The summed E-state index contributed by atoms with van der Waals surface area (Å²) in [5, 5.41) is 11.2. The number of hydrogen-bond acceptors (Lipinski definition) is 8. The first kappa shape index (κ1) is 35.4. The van der Waals surface area contributed by atoms with E-state index in [0.717, 1.165) is 0 Å². The Hall–Kier alpha value is -5.47. The van der Waals surface area contributed by atoms with Gasteiger partial charge in [0.1, 0.15) is 29.2 Å². The second-order valence-electron chi connectivity index (χ2n) is 12.5.